The lowest BCUT2D eigenvalue weighted by molar-refractivity contribution is 0.0931. The van der Waals surface area contributed by atoms with Crippen LogP contribution in [0.3, 0.4) is 0 Å². The number of hydrogen-bond donors (Lipinski definition) is 1. The Balaban J connectivity index is 2.57. The lowest BCUT2D eigenvalue weighted by Crippen LogP contribution is -2.45. The zero-order chi connectivity index (χ0) is 16.2. The molecule has 1 amide bonds. The van der Waals surface area contributed by atoms with Crippen molar-refractivity contribution in [3.63, 3.8) is 0 Å². The van der Waals surface area contributed by atoms with Crippen LogP contribution in [0.15, 0.2) is 30.3 Å². The number of benzene rings is 1. The molecule has 0 saturated heterocycles. The highest BCUT2D eigenvalue weighted by Crippen LogP contribution is 2.09. The van der Waals surface area contributed by atoms with Gasteiger partial charge in [-0.3, -0.25) is 4.79 Å². The highest BCUT2D eigenvalue weighted by Gasteiger charge is 2.16. The summed E-state index contributed by atoms with van der Waals surface area (Å²) in [6, 6.07) is 9.69. The lowest BCUT2D eigenvalue weighted by Gasteiger charge is -2.26. The Morgan fingerprint density at radius 1 is 1.18 bits per heavy atom. The molecule has 4 heteroatoms. The molecule has 0 aliphatic heterocycles. The van der Waals surface area contributed by atoms with Crippen LogP contribution in [-0.2, 0) is 0 Å². The summed E-state index contributed by atoms with van der Waals surface area (Å²) in [7, 11) is 0. The van der Waals surface area contributed by atoms with Crippen molar-refractivity contribution in [2.24, 2.45) is 0 Å². The number of amides is 1. The first-order valence-electron chi connectivity index (χ1n) is 8.37. The molecule has 1 unspecified atom stereocenters. The van der Waals surface area contributed by atoms with Gasteiger partial charge in [-0.25, -0.2) is 0 Å². The van der Waals surface area contributed by atoms with E-state index in [1.165, 1.54) is 18.6 Å². The molecule has 1 aromatic rings. The number of unbranched alkanes of at least 4 members (excludes halogenated alkanes) is 1. The van der Waals surface area contributed by atoms with Crippen molar-refractivity contribution in [3.8, 4) is 0 Å². The normalized spacial score (nSPS) is 12.4. The molecule has 124 valence electrons. The summed E-state index contributed by atoms with van der Waals surface area (Å²) in [5.41, 5.74) is 0.741. The molecule has 0 spiro atoms. The van der Waals surface area contributed by atoms with Crippen molar-refractivity contribution in [1.29, 1.82) is 0 Å². The van der Waals surface area contributed by atoms with E-state index in [1.807, 2.05) is 42.1 Å². The first kappa shape index (κ1) is 19.0. The standard InChI is InChI=1S/C18H30N2OS/c1-4-7-13-22-15-17(14-20(5-2)6-3)19-18(21)16-11-9-8-10-12-16/h8-12,17H,4-7,13-15H2,1-3H3,(H,19,21). The number of carbonyl (C=O) groups excluding carboxylic acids is 1. The van der Waals surface area contributed by atoms with E-state index in [0.29, 0.717) is 0 Å². The second-order valence-electron chi connectivity index (χ2n) is 5.45. The topological polar surface area (TPSA) is 32.3 Å². The molecule has 0 saturated carbocycles. The molecule has 22 heavy (non-hydrogen) atoms. The van der Waals surface area contributed by atoms with Crippen LogP contribution in [0, 0.1) is 0 Å². The third-order valence-electron chi connectivity index (χ3n) is 3.71. The smallest absolute Gasteiger partial charge is 0.251 e. The molecule has 0 heterocycles. The molecule has 0 aliphatic rings. The molecule has 3 nitrogen and oxygen atoms in total. The minimum atomic E-state index is 0.0360. The summed E-state index contributed by atoms with van der Waals surface area (Å²) < 4.78 is 0. The van der Waals surface area contributed by atoms with Crippen molar-refractivity contribution >= 4 is 17.7 Å². The Morgan fingerprint density at radius 2 is 1.86 bits per heavy atom. The van der Waals surface area contributed by atoms with Gasteiger partial charge in [0.1, 0.15) is 0 Å². The van der Waals surface area contributed by atoms with E-state index in [2.05, 4.69) is 31.0 Å². The second-order valence-corrected chi connectivity index (χ2v) is 6.60. The van der Waals surface area contributed by atoms with E-state index in [-0.39, 0.29) is 11.9 Å². The number of likely N-dealkylation sites (N-methyl/N-ethyl adjacent to an activating group) is 1. The van der Waals surface area contributed by atoms with Crippen LogP contribution < -0.4 is 5.32 Å². The SMILES string of the molecule is CCCCSCC(CN(CC)CC)NC(=O)c1ccccc1. The highest BCUT2D eigenvalue weighted by atomic mass is 32.2. The van der Waals surface area contributed by atoms with Gasteiger partial charge in [0.15, 0.2) is 0 Å². The Labute approximate surface area is 139 Å². The molecule has 1 atom stereocenters. The van der Waals surface area contributed by atoms with Crippen LogP contribution in [0.25, 0.3) is 0 Å². The first-order valence-corrected chi connectivity index (χ1v) is 9.52. The van der Waals surface area contributed by atoms with Crippen LogP contribution in [-0.4, -0.2) is 48.0 Å². The minimum absolute atomic E-state index is 0.0360. The van der Waals surface area contributed by atoms with Gasteiger partial charge in [-0.2, -0.15) is 11.8 Å². The maximum Gasteiger partial charge on any atom is 0.251 e. The zero-order valence-electron chi connectivity index (χ0n) is 14.2. The number of nitrogens with zero attached hydrogens (tertiary/aromatic N) is 1. The summed E-state index contributed by atoms with van der Waals surface area (Å²) in [5.74, 6) is 2.19. The van der Waals surface area contributed by atoms with Gasteiger partial charge in [0.05, 0.1) is 6.04 Å². The molecule has 1 aromatic carbocycles. The van der Waals surface area contributed by atoms with Crippen LogP contribution in [0.1, 0.15) is 44.0 Å². The van der Waals surface area contributed by atoms with Crippen molar-refractivity contribution in [2.75, 3.05) is 31.1 Å². The maximum atomic E-state index is 12.4. The minimum Gasteiger partial charge on any atom is -0.347 e. The first-order chi connectivity index (χ1) is 10.7. The van der Waals surface area contributed by atoms with Gasteiger partial charge >= 0.3 is 0 Å². The lowest BCUT2D eigenvalue weighted by atomic mass is 10.2. The summed E-state index contributed by atoms with van der Waals surface area (Å²) in [5, 5.41) is 3.21. The third-order valence-corrected chi connectivity index (χ3v) is 4.92. The molecule has 0 aliphatic carbocycles. The molecule has 0 aromatic heterocycles. The van der Waals surface area contributed by atoms with Gasteiger partial charge in [0, 0.05) is 17.9 Å². The van der Waals surface area contributed by atoms with E-state index in [9.17, 15) is 4.79 Å². The van der Waals surface area contributed by atoms with Crippen molar-refractivity contribution in [1.82, 2.24) is 10.2 Å². The summed E-state index contributed by atoms with van der Waals surface area (Å²) in [6.45, 7) is 9.52. The highest BCUT2D eigenvalue weighted by molar-refractivity contribution is 7.99. The number of hydrogen-bond acceptors (Lipinski definition) is 3. The monoisotopic (exact) mass is 322 g/mol. The van der Waals surface area contributed by atoms with Crippen molar-refractivity contribution in [2.45, 2.75) is 39.7 Å². The number of rotatable bonds is 11. The van der Waals surface area contributed by atoms with Gasteiger partial charge in [-0.15, -0.1) is 0 Å². The van der Waals surface area contributed by atoms with E-state index in [0.717, 1.165) is 31.0 Å². The molecular weight excluding hydrogens is 292 g/mol. The molecule has 0 radical (unpaired) electrons. The Hall–Kier alpha value is -1.00. The van der Waals surface area contributed by atoms with Gasteiger partial charge < -0.3 is 10.2 Å². The Kier molecular flexibility index (Phi) is 10.0. The molecule has 1 N–H and O–H groups in total. The van der Waals surface area contributed by atoms with Gasteiger partial charge in [-0.05, 0) is 37.4 Å². The van der Waals surface area contributed by atoms with E-state index in [1.54, 1.807) is 0 Å². The second kappa shape index (κ2) is 11.6. The third kappa shape index (κ3) is 7.32. The fourth-order valence-corrected chi connectivity index (χ4v) is 3.40. The maximum absolute atomic E-state index is 12.4. The van der Waals surface area contributed by atoms with Crippen LogP contribution in [0.2, 0.25) is 0 Å². The van der Waals surface area contributed by atoms with Gasteiger partial charge in [0.2, 0.25) is 0 Å². The number of carbonyl (C=O) groups is 1. The summed E-state index contributed by atoms with van der Waals surface area (Å²) in [6.07, 6.45) is 2.47. The fourth-order valence-electron chi connectivity index (χ4n) is 2.26. The summed E-state index contributed by atoms with van der Waals surface area (Å²) in [4.78, 5) is 14.7. The van der Waals surface area contributed by atoms with Crippen LogP contribution in [0.5, 0.6) is 0 Å². The molecule has 0 fully saturated rings. The number of thioether (sulfide) groups is 1. The molecular formula is C18H30N2OS. The number of nitrogens with one attached hydrogen (secondary N) is 1. The zero-order valence-corrected chi connectivity index (χ0v) is 15.0. The largest absolute Gasteiger partial charge is 0.347 e. The predicted octanol–water partition coefficient (Wildman–Crippen LogP) is 3.66. The van der Waals surface area contributed by atoms with Gasteiger partial charge in [-0.1, -0.05) is 45.4 Å². The van der Waals surface area contributed by atoms with E-state index < -0.39 is 0 Å². The van der Waals surface area contributed by atoms with E-state index >= 15 is 0 Å². The quantitative estimate of drug-likeness (QED) is 0.631. The summed E-state index contributed by atoms with van der Waals surface area (Å²) >= 11 is 1.94. The van der Waals surface area contributed by atoms with Crippen LogP contribution in [0.4, 0.5) is 0 Å². The van der Waals surface area contributed by atoms with Crippen LogP contribution >= 0.6 is 11.8 Å². The predicted molar refractivity (Wildman–Crippen MR) is 97.7 cm³/mol. The molecule has 0 bridgehead atoms. The Bertz CT molecular complexity index is 407. The molecule has 1 rings (SSSR count). The van der Waals surface area contributed by atoms with Crippen molar-refractivity contribution in [3.05, 3.63) is 35.9 Å². The fraction of sp³-hybridized carbons (Fsp3) is 0.611. The van der Waals surface area contributed by atoms with Gasteiger partial charge in [0.25, 0.3) is 5.91 Å². The Morgan fingerprint density at radius 3 is 2.45 bits per heavy atom. The van der Waals surface area contributed by atoms with E-state index in [4.69, 9.17) is 0 Å². The van der Waals surface area contributed by atoms with Crippen molar-refractivity contribution < 1.29 is 4.79 Å². The average molecular weight is 323 g/mol. The average Bonchev–Trinajstić information content (AvgIpc) is 2.56.